The Labute approximate surface area is 146 Å². The molecule has 0 bridgehead atoms. The number of amides is 2. The Hall–Kier alpha value is -2.63. The van der Waals surface area contributed by atoms with Crippen LogP contribution >= 0.6 is 0 Å². The molecule has 0 unspecified atom stereocenters. The molecule has 25 heavy (non-hydrogen) atoms. The number of likely N-dealkylation sites (tertiary alicyclic amines) is 1. The van der Waals surface area contributed by atoms with Crippen molar-refractivity contribution in [2.45, 2.75) is 38.5 Å². The van der Waals surface area contributed by atoms with Crippen LogP contribution in [0.1, 0.15) is 57.9 Å². The first kappa shape index (κ1) is 15.9. The number of benzene rings is 1. The maximum Gasteiger partial charge on any atom is 0.278 e. The highest BCUT2D eigenvalue weighted by Gasteiger charge is 2.26. The monoisotopic (exact) mass is 339 g/mol. The fourth-order valence-electron chi connectivity index (χ4n) is 3.61. The fourth-order valence-corrected chi connectivity index (χ4v) is 3.61. The van der Waals surface area contributed by atoms with E-state index in [2.05, 4.69) is 10.5 Å². The van der Waals surface area contributed by atoms with Crippen LogP contribution < -0.4 is 5.32 Å². The number of para-hydroxylation sites is 1. The normalized spacial score (nSPS) is 16.6. The van der Waals surface area contributed by atoms with Gasteiger partial charge in [0.05, 0.1) is 11.3 Å². The summed E-state index contributed by atoms with van der Waals surface area (Å²) < 4.78 is 5.32. The molecular formula is C19H21N3O3. The summed E-state index contributed by atoms with van der Waals surface area (Å²) in [5.74, 6) is 0.474. The van der Waals surface area contributed by atoms with Crippen LogP contribution in [-0.2, 0) is 12.8 Å². The maximum absolute atomic E-state index is 12.7. The zero-order valence-electron chi connectivity index (χ0n) is 14.1. The van der Waals surface area contributed by atoms with Gasteiger partial charge in [-0.1, -0.05) is 17.3 Å². The van der Waals surface area contributed by atoms with Crippen LogP contribution in [0, 0.1) is 0 Å². The van der Waals surface area contributed by atoms with Crippen molar-refractivity contribution in [2.24, 2.45) is 0 Å². The summed E-state index contributed by atoms with van der Waals surface area (Å²) in [5.41, 5.74) is 2.30. The van der Waals surface area contributed by atoms with Crippen LogP contribution in [0.25, 0.3) is 0 Å². The van der Waals surface area contributed by atoms with Gasteiger partial charge in [0.1, 0.15) is 5.76 Å². The third-order valence-electron chi connectivity index (χ3n) is 4.96. The minimum Gasteiger partial charge on any atom is -0.360 e. The number of carbonyl (C=O) groups excluding carboxylic acids is 2. The molecule has 1 aliphatic heterocycles. The molecule has 2 aliphatic rings. The van der Waals surface area contributed by atoms with Crippen molar-refractivity contribution in [1.29, 1.82) is 0 Å². The molecule has 1 aromatic carbocycles. The van der Waals surface area contributed by atoms with Gasteiger partial charge in [0.25, 0.3) is 11.8 Å². The van der Waals surface area contributed by atoms with Gasteiger partial charge in [0.15, 0.2) is 5.69 Å². The summed E-state index contributed by atoms with van der Waals surface area (Å²) >= 11 is 0. The first-order chi connectivity index (χ1) is 12.2. The molecule has 0 radical (unpaired) electrons. The van der Waals surface area contributed by atoms with Crippen LogP contribution in [0.2, 0.25) is 0 Å². The number of fused-ring (bicyclic) bond motifs is 1. The van der Waals surface area contributed by atoms with Crippen LogP contribution in [0.4, 0.5) is 5.69 Å². The number of nitrogens with one attached hydrogen (secondary N) is 1. The van der Waals surface area contributed by atoms with Gasteiger partial charge in [-0.2, -0.15) is 0 Å². The standard InChI is InChI=1S/C19H21N3O3/c23-18(17-14-8-2-4-10-16(14)25-21-17)20-15-9-3-1-7-13(15)19(24)22-11-5-6-12-22/h1,3,7,9H,2,4-6,8,10-12H2,(H,20,23). The maximum atomic E-state index is 12.7. The van der Waals surface area contributed by atoms with Gasteiger partial charge in [-0.3, -0.25) is 9.59 Å². The molecule has 1 N–H and O–H groups in total. The Morgan fingerprint density at radius 2 is 1.80 bits per heavy atom. The molecule has 2 heterocycles. The highest BCUT2D eigenvalue weighted by Crippen LogP contribution is 2.26. The molecule has 130 valence electrons. The predicted molar refractivity (Wildman–Crippen MR) is 92.7 cm³/mol. The first-order valence-corrected chi connectivity index (χ1v) is 8.91. The lowest BCUT2D eigenvalue weighted by molar-refractivity contribution is 0.0794. The number of carbonyl (C=O) groups is 2. The van der Waals surface area contributed by atoms with E-state index in [1.165, 1.54) is 0 Å². The second kappa shape index (κ2) is 6.70. The largest absolute Gasteiger partial charge is 0.360 e. The molecule has 6 heteroatoms. The summed E-state index contributed by atoms with van der Waals surface area (Å²) in [6, 6.07) is 7.15. The van der Waals surface area contributed by atoms with Gasteiger partial charge in [-0.25, -0.2) is 0 Å². The van der Waals surface area contributed by atoms with Crippen LogP contribution in [-0.4, -0.2) is 35.0 Å². The number of nitrogens with zero attached hydrogens (tertiary/aromatic N) is 2. The van der Waals surface area contributed by atoms with Crippen LogP contribution in [0.5, 0.6) is 0 Å². The molecule has 1 aromatic heterocycles. The van der Waals surface area contributed by atoms with E-state index in [4.69, 9.17) is 4.52 Å². The third kappa shape index (κ3) is 3.04. The summed E-state index contributed by atoms with van der Waals surface area (Å²) in [6.07, 6.45) is 5.82. The Morgan fingerprint density at radius 3 is 2.64 bits per heavy atom. The fraction of sp³-hybridized carbons (Fsp3) is 0.421. The minimum atomic E-state index is -0.312. The van der Waals surface area contributed by atoms with E-state index in [1.807, 2.05) is 17.0 Å². The quantitative estimate of drug-likeness (QED) is 0.932. The van der Waals surface area contributed by atoms with Gasteiger partial charge in [0, 0.05) is 25.1 Å². The highest BCUT2D eigenvalue weighted by molar-refractivity contribution is 6.08. The molecule has 2 amide bonds. The van der Waals surface area contributed by atoms with Crippen molar-refractivity contribution in [3.05, 3.63) is 46.8 Å². The second-order valence-electron chi connectivity index (χ2n) is 6.64. The third-order valence-corrected chi connectivity index (χ3v) is 4.96. The first-order valence-electron chi connectivity index (χ1n) is 8.91. The lowest BCUT2D eigenvalue weighted by atomic mass is 9.96. The molecule has 4 rings (SSSR count). The van der Waals surface area contributed by atoms with Crippen molar-refractivity contribution in [3.63, 3.8) is 0 Å². The Bertz CT molecular complexity index is 806. The van der Waals surface area contributed by atoms with Gasteiger partial charge in [-0.15, -0.1) is 0 Å². The van der Waals surface area contributed by atoms with Crippen molar-refractivity contribution < 1.29 is 14.1 Å². The van der Waals surface area contributed by atoms with E-state index in [9.17, 15) is 9.59 Å². The lowest BCUT2D eigenvalue weighted by Gasteiger charge is -2.18. The molecular weight excluding hydrogens is 318 g/mol. The average molecular weight is 339 g/mol. The molecule has 0 saturated carbocycles. The summed E-state index contributed by atoms with van der Waals surface area (Å²) in [7, 11) is 0. The van der Waals surface area contributed by atoms with Crippen molar-refractivity contribution in [1.82, 2.24) is 10.1 Å². The lowest BCUT2D eigenvalue weighted by Crippen LogP contribution is -2.29. The van der Waals surface area contributed by atoms with Gasteiger partial charge in [0.2, 0.25) is 0 Å². The average Bonchev–Trinajstić information content (AvgIpc) is 3.31. The number of aryl methyl sites for hydroxylation is 1. The Balaban J connectivity index is 1.57. The molecule has 2 aromatic rings. The smallest absolute Gasteiger partial charge is 0.278 e. The molecule has 1 fully saturated rings. The SMILES string of the molecule is O=C(Nc1ccccc1C(=O)N1CCCC1)c1noc2c1CCCC2. The van der Waals surface area contributed by atoms with Crippen LogP contribution in [0.15, 0.2) is 28.8 Å². The zero-order valence-corrected chi connectivity index (χ0v) is 14.1. The number of aromatic nitrogens is 1. The Morgan fingerprint density at radius 1 is 1.04 bits per heavy atom. The topological polar surface area (TPSA) is 75.4 Å². The van der Waals surface area contributed by atoms with E-state index in [-0.39, 0.29) is 11.8 Å². The minimum absolute atomic E-state index is 0.0319. The summed E-state index contributed by atoms with van der Waals surface area (Å²) in [6.45, 7) is 1.55. The van der Waals surface area contributed by atoms with E-state index in [1.54, 1.807) is 12.1 Å². The number of hydrogen-bond acceptors (Lipinski definition) is 4. The van der Waals surface area contributed by atoms with Gasteiger partial charge >= 0.3 is 0 Å². The molecule has 1 saturated heterocycles. The van der Waals surface area contributed by atoms with Crippen molar-refractivity contribution >= 4 is 17.5 Å². The zero-order chi connectivity index (χ0) is 17.2. The predicted octanol–water partition coefficient (Wildman–Crippen LogP) is 3.04. The number of anilines is 1. The number of rotatable bonds is 3. The molecule has 0 spiro atoms. The molecule has 0 atom stereocenters. The summed E-state index contributed by atoms with van der Waals surface area (Å²) in [5, 5.41) is 6.82. The van der Waals surface area contributed by atoms with Crippen LogP contribution in [0.3, 0.4) is 0 Å². The molecule has 6 nitrogen and oxygen atoms in total. The summed E-state index contributed by atoms with van der Waals surface area (Å²) in [4.78, 5) is 27.2. The number of hydrogen-bond donors (Lipinski definition) is 1. The molecule has 1 aliphatic carbocycles. The van der Waals surface area contributed by atoms with Crippen molar-refractivity contribution in [2.75, 3.05) is 18.4 Å². The Kier molecular flexibility index (Phi) is 4.26. The van der Waals surface area contributed by atoms with Gasteiger partial charge in [-0.05, 0) is 44.2 Å². The highest BCUT2D eigenvalue weighted by atomic mass is 16.5. The van der Waals surface area contributed by atoms with E-state index >= 15 is 0 Å². The van der Waals surface area contributed by atoms with Crippen molar-refractivity contribution in [3.8, 4) is 0 Å². The van der Waals surface area contributed by atoms with Gasteiger partial charge < -0.3 is 14.7 Å². The van der Waals surface area contributed by atoms with E-state index in [0.717, 1.165) is 62.9 Å². The van der Waals surface area contributed by atoms with E-state index < -0.39 is 0 Å². The second-order valence-corrected chi connectivity index (χ2v) is 6.64. The van der Waals surface area contributed by atoms with E-state index in [0.29, 0.717) is 16.9 Å².